The molecule has 1 aromatic rings. The molecule has 118 valence electrons. The van der Waals surface area contributed by atoms with E-state index in [9.17, 15) is 4.79 Å². The van der Waals surface area contributed by atoms with Crippen LogP contribution >= 0.6 is 11.3 Å². The van der Waals surface area contributed by atoms with Crippen LogP contribution in [-0.4, -0.2) is 41.5 Å². The Morgan fingerprint density at radius 3 is 2.76 bits per heavy atom. The summed E-state index contributed by atoms with van der Waals surface area (Å²) in [4.78, 5) is 18.5. The fraction of sp³-hybridized carbons (Fsp3) is 0.625. The average Bonchev–Trinajstić information content (AvgIpc) is 2.87. The monoisotopic (exact) mass is 309 g/mol. The van der Waals surface area contributed by atoms with E-state index in [0.717, 1.165) is 43.2 Å². The zero-order valence-corrected chi connectivity index (χ0v) is 14.4. The molecule has 0 bridgehead atoms. The highest BCUT2D eigenvalue weighted by atomic mass is 32.1. The van der Waals surface area contributed by atoms with Crippen molar-refractivity contribution >= 4 is 23.3 Å². The van der Waals surface area contributed by atoms with Crippen LogP contribution in [0.25, 0.3) is 6.08 Å². The van der Waals surface area contributed by atoms with Gasteiger partial charge >= 0.3 is 0 Å². The number of hydrogen-bond acceptors (Lipinski definition) is 4. The Balaban J connectivity index is 2.25. The summed E-state index contributed by atoms with van der Waals surface area (Å²) in [6.07, 6.45) is 5.45. The third kappa shape index (κ3) is 7.39. The van der Waals surface area contributed by atoms with Gasteiger partial charge in [-0.2, -0.15) is 0 Å². The van der Waals surface area contributed by atoms with Crippen molar-refractivity contribution in [3.63, 3.8) is 0 Å². The first-order chi connectivity index (χ1) is 10.0. The number of aryl methyl sites for hydroxylation is 1. The van der Waals surface area contributed by atoms with Gasteiger partial charge in [0.05, 0.1) is 10.7 Å². The van der Waals surface area contributed by atoms with Crippen molar-refractivity contribution in [2.24, 2.45) is 0 Å². The fourth-order valence-electron chi connectivity index (χ4n) is 2.14. The van der Waals surface area contributed by atoms with Crippen molar-refractivity contribution in [1.82, 2.24) is 15.2 Å². The molecule has 1 aromatic heterocycles. The van der Waals surface area contributed by atoms with Crippen molar-refractivity contribution in [3.8, 4) is 0 Å². The molecular weight excluding hydrogens is 282 g/mol. The first-order valence-corrected chi connectivity index (χ1v) is 8.56. The van der Waals surface area contributed by atoms with E-state index in [1.165, 1.54) is 0 Å². The first-order valence-electron chi connectivity index (χ1n) is 7.68. The number of carbonyl (C=O) groups excluding carboxylic acids is 1. The Morgan fingerprint density at radius 1 is 1.48 bits per heavy atom. The highest BCUT2D eigenvalue weighted by Gasteiger charge is 2.06. The summed E-state index contributed by atoms with van der Waals surface area (Å²) < 4.78 is 0. The average molecular weight is 309 g/mol. The SMILES string of the molecule is CCN(CC)CCC[C@H](C)NC(=O)/C=C/c1csc(C)n1. The molecule has 1 amide bonds. The van der Waals surface area contributed by atoms with Crippen molar-refractivity contribution in [3.05, 3.63) is 22.2 Å². The Morgan fingerprint density at radius 2 is 2.19 bits per heavy atom. The maximum atomic E-state index is 11.8. The molecule has 0 radical (unpaired) electrons. The van der Waals surface area contributed by atoms with Gasteiger partial charge in [-0.25, -0.2) is 4.98 Å². The normalized spacial score (nSPS) is 13.0. The van der Waals surface area contributed by atoms with Crippen molar-refractivity contribution < 1.29 is 4.79 Å². The van der Waals surface area contributed by atoms with Gasteiger partial charge in [0.2, 0.25) is 5.91 Å². The molecule has 1 heterocycles. The molecule has 1 N–H and O–H groups in total. The summed E-state index contributed by atoms with van der Waals surface area (Å²) in [6, 6.07) is 0.204. The maximum absolute atomic E-state index is 11.8. The number of nitrogens with zero attached hydrogens (tertiary/aromatic N) is 2. The second-order valence-electron chi connectivity index (χ2n) is 5.20. The van der Waals surface area contributed by atoms with Crippen LogP contribution in [-0.2, 0) is 4.79 Å². The molecule has 0 saturated heterocycles. The maximum Gasteiger partial charge on any atom is 0.244 e. The molecule has 21 heavy (non-hydrogen) atoms. The van der Waals surface area contributed by atoms with E-state index in [2.05, 4.69) is 36.0 Å². The van der Waals surface area contributed by atoms with E-state index in [0.29, 0.717) is 0 Å². The van der Waals surface area contributed by atoms with E-state index in [1.807, 2.05) is 12.3 Å². The number of rotatable bonds is 9. The Kier molecular flexibility index (Phi) is 8.23. The topological polar surface area (TPSA) is 45.2 Å². The Bertz CT molecular complexity index is 452. The number of thiazole rings is 1. The summed E-state index contributed by atoms with van der Waals surface area (Å²) in [5, 5.41) is 5.96. The van der Waals surface area contributed by atoms with Crippen LogP contribution in [0.1, 0.15) is 44.3 Å². The zero-order chi connectivity index (χ0) is 15.7. The van der Waals surface area contributed by atoms with Crippen molar-refractivity contribution in [2.45, 2.75) is 46.6 Å². The van der Waals surface area contributed by atoms with Gasteiger partial charge < -0.3 is 10.2 Å². The second kappa shape index (κ2) is 9.68. The highest BCUT2D eigenvalue weighted by Crippen LogP contribution is 2.09. The minimum absolute atomic E-state index is 0.0454. The quantitative estimate of drug-likeness (QED) is 0.713. The Hall–Kier alpha value is -1.20. The molecule has 5 heteroatoms. The van der Waals surface area contributed by atoms with Gasteiger partial charge in [-0.3, -0.25) is 4.79 Å². The first kappa shape index (κ1) is 17.9. The lowest BCUT2D eigenvalue weighted by atomic mass is 10.1. The number of nitrogens with one attached hydrogen (secondary N) is 1. The second-order valence-corrected chi connectivity index (χ2v) is 6.27. The van der Waals surface area contributed by atoms with Gasteiger partial charge in [-0.1, -0.05) is 13.8 Å². The summed E-state index contributed by atoms with van der Waals surface area (Å²) in [7, 11) is 0. The van der Waals surface area contributed by atoms with Gasteiger partial charge in [0.15, 0.2) is 0 Å². The predicted octanol–water partition coefficient (Wildman–Crippen LogP) is 3.09. The van der Waals surface area contributed by atoms with E-state index in [1.54, 1.807) is 23.5 Å². The molecule has 4 nitrogen and oxygen atoms in total. The number of amides is 1. The van der Waals surface area contributed by atoms with Gasteiger partial charge in [0.25, 0.3) is 0 Å². The predicted molar refractivity (Wildman–Crippen MR) is 90.5 cm³/mol. The smallest absolute Gasteiger partial charge is 0.244 e. The van der Waals surface area contributed by atoms with Crippen LogP contribution in [0.4, 0.5) is 0 Å². The van der Waals surface area contributed by atoms with E-state index in [-0.39, 0.29) is 11.9 Å². The minimum atomic E-state index is -0.0454. The van der Waals surface area contributed by atoms with Gasteiger partial charge in [0, 0.05) is 17.5 Å². The molecule has 0 aliphatic heterocycles. The molecule has 0 aromatic carbocycles. The highest BCUT2D eigenvalue weighted by molar-refractivity contribution is 7.09. The molecule has 0 unspecified atom stereocenters. The molecule has 0 fully saturated rings. The number of hydrogen-bond donors (Lipinski definition) is 1. The van der Waals surface area contributed by atoms with Crippen LogP contribution in [0.2, 0.25) is 0 Å². The third-order valence-electron chi connectivity index (χ3n) is 3.44. The van der Waals surface area contributed by atoms with Gasteiger partial charge in [0.1, 0.15) is 0 Å². The number of aromatic nitrogens is 1. The lowest BCUT2D eigenvalue weighted by Gasteiger charge is -2.19. The van der Waals surface area contributed by atoms with Crippen LogP contribution in [0.5, 0.6) is 0 Å². The van der Waals surface area contributed by atoms with E-state index < -0.39 is 0 Å². The molecular formula is C16H27N3OS. The van der Waals surface area contributed by atoms with Crippen LogP contribution in [0.3, 0.4) is 0 Å². The summed E-state index contributed by atoms with van der Waals surface area (Å²) in [5.74, 6) is -0.0454. The number of carbonyl (C=O) groups is 1. The minimum Gasteiger partial charge on any atom is -0.350 e. The van der Waals surface area contributed by atoms with Gasteiger partial charge in [-0.05, 0) is 52.4 Å². The molecule has 0 aliphatic rings. The van der Waals surface area contributed by atoms with Crippen molar-refractivity contribution in [1.29, 1.82) is 0 Å². The fourth-order valence-corrected chi connectivity index (χ4v) is 2.72. The molecule has 0 saturated carbocycles. The van der Waals surface area contributed by atoms with E-state index >= 15 is 0 Å². The van der Waals surface area contributed by atoms with Crippen LogP contribution < -0.4 is 5.32 Å². The van der Waals surface area contributed by atoms with E-state index in [4.69, 9.17) is 0 Å². The molecule has 1 rings (SSSR count). The molecule has 1 atom stereocenters. The summed E-state index contributed by atoms with van der Waals surface area (Å²) in [6.45, 7) is 11.7. The largest absolute Gasteiger partial charge is 0.350 e. The van der Waals surface area contributed by atoms with Gasteiger partial charge in [-0.15, -0.1) is 11.3 Å². The van der Waals surface area contributed by atoms with Crippen LogP contribution in [0.15, 0.2) is 11.5 Å². The Labute approximate surface area is 132 Å². The zero-order valence-electron chi connectivity index (χ0n) is 13.6. The standard InChI is InChI=1S/C16H27N3OS/c1-5-19(6-2)11-7-8-13(3)17-16(20)10-9-15-12-21-14(4)18-15/h9-10,12-13H,5-8,11H2,1-4H3,(H,17,20)/b10-9+/t13-/m0/s1. The third-order valence-corrected chi connectivity index (χ3v) is 4.23. The summed E-state index contributed by atoms with van der Waals surface area (Å²) in [5.41, 5.74) is 0.849. The molecule has 0 spiro atoms. The van der Waals surface area contributed by atoms with Crippen LogP contribution in [0, 0.1) is 6.92 Å². The summed E-state index contributed by atoms with van der Waals surface area (Å²) >= 11 is 1.59. The lowest BCUT2D eigenvalue weighted by molar-refractivity contribution is -0.117. The lowest BCUT2D eigenvalue weighted by Crippen LogP contribution is -2.32. The molecule has 0 aliphatic carbocycles. The van der Waals surface area contributed by atoms with Crippen molar-refractivity contribution in [2.75, 3.05) is 19.6 Å².